The van der Waals surface area contributed by atoms with Crippen molar-refractivity contribution in [2.45, 2.75) is 38.8 Å². The van der Waals surface area contributed by atoms with Crippen LogP contribution in [0.1, 0.15) is 87.7 Å². The summed E-state index contributed by atoms with van der Waals surface area (Å²) < 4.78 is 6.01. The monoisotopic (exact) mass is 1740 g/mol. The predicted molar refractivity (Wildman–Crippen MR) is 479 cm³/mol. The highest BCUT2D eigenvalue weighted by molar-refractivity contribution is 7.32. The van der Waals surface area contributed by atoms with Crippen molar-refractivity contribution in [2.24, 2.45) is 0 Å². The lowest BCUT2D eigenvalue weighted by atomic mass is 9.75. The molecule has 2 aromatic heterocycles. The summed E-state index contributed by atoms with van der Waals surface area (Å²) in [5.41, 5.74) is 8.23. The third-order valence-corrected chi connectivity index (χ3v) is 26.9. The number of aromatic hydroxyl groups is 6. The Labute approximate surface area is 723 Å². The summed E-state index contributed by atoms with van der Waals surface area (Å²) in [5.74, 6) is -4.15. The first-order chi connectivity index (χ1) is 58.1. The molecular formula is C90H112N14O18S2+6. The zero-order valence-corrected chi connectivity index (χ0v) is 74.2. The fraction of sp³-hybridized carbons (Fsp3) is 0.400. The molecule has 656 valence electrons. The molecule has 0 saturated heterocycles. The largest absolute Gasteiger partial charge is 0.507 e. The number of nitrogens with zero attached hydrogens (tertiary/aromatic N) is 14. The van der Waals surface area contributed by atoms with Gasteiger partial charge >= 0.3 is 0 Å². The van der Waals surface area contributed by atoms with Crippen LogP contribution in [-0.4, -0.2) is 325 Å². The summed E-state index contributed by atoms with van der Waals surface area (Å²) >= 11 is 3.07. The second-order valence-electron chi connectivity index (χ2n) is 36.7. The molecule has 0 radical (unpaired) electrons. The SMILES string of the molecule is CN1CCN(CC[N+](C)(C)O)c2c3c(c4c(c21)N(C)CCN4CC[N+](C)(C)O)C(=O)c1c(O)ccc(O)c1C3=O.C[N+](C)(O)CCN1CCCc2c3c(c4c(c21)C(=O)c1c(O)ccc(O)c1C4=O)N(CC[N+](C)(C)O)CCC3.C[N+](C)(O)CCn1c2ccccc2sc2c3sc4ccccc4n(CC[N+](C)(C)O)c3c3c(O)c4c(=O)ccc(=O)c4c(O)c3c21. The number of carbonyl (C=O) groups excluding carboxylic acids is 4. The van der Waals surface area contributed by atoms with Crippen molar-refractivity contribution in [3.05, 3.63) is 161 Å². The lowest BCUT2D eigenvalue weighted by Crippen LogP contribution is -2.50. The average Bonchev–Trinajstić information content (AvgIpc) is 0.695. The number of carbonyl (C=O) groups is 4. The first kappa shape index (κ1) is 87.8. The van der Waals surface area contributed by atoms with Gasteiger partial charge in [-0.2, -0.15) is 27.9 Å². The molecule has 17 rings (SSSR count). The Bertz CT molecular complexity index is 6050. The molecule has 32 nitrogen and oxygen atoms in total. The van der Waals surface area contributed by atoms with Gasteiger partial charge in [0.05, 0.1) is 265 Å². The molecule has 0 bridgehead atoms. The summed E-state index contributed by atoms with van der Waals surface area (Å²) in [6, 6.07) is 22.9. The van der Waals surface area contributed by atoms with Crippen LogP contribution in [0.5, 0.6) is 34.5 Å². The third-order valence-electron chi connectivity index (χ3n) is 24.5. The van der Waals surface area contributed by atoms with E-state index in [1.165, 1.54) is 46.9 Å². The Balaban J connectivity index is 0.000000145. The Morgan fingerprint density at radius 3 is 0.887 bits per heavy atom. The number of hydroxylamine groups is 18. The van der Waals surface area contributed by atoms with E-state index in [1.807, 2.05) is 81.6 Å². The first-order valence-electron chi connectivity index (χ1n) is 41.6. The van der Waals surface area contributed by atoms with E-state index in [9.17, 15) is 90.6 Å². The van der Waals surface area contributed by atoms with Crippen LogP contribution in [0, 0.1) is 0 Å². The molecule has 34 heteroatoms. The van der Waals surface area contributed by atoms with Gasteiger partial charge in [0.15, 0.2) is 10.9 Å². The van der Waals surface area contributed by atoms with Gasteiger partial charge in [0, 0.05) is 53.4 Å². The minimum Gasteiger partial charge on any atom is -0.507 e. The molecule has 0 unspecified atom stereocenters. The van der Waals surface area contributed by atoms with Gasteiger partial charge in [-0.3, -0.25) is 28.8 Å². The Kier molecular flexibility index (Phi) is 22.8. The number of aromatic nitrogens is 2. The number of likely N-dealkylation sites (N-methyl/N-ethyl adjacent to an activating group) is 8. The quantitative estimate of drug-likeness (QED) is 0.0125. The normalized spacial score (nSPS) is 15.5. The van der Waals surface area contributed by atoms with Crippen molar-refractivity contribution >= 4 is 142 Å². The maximum Gasteiger partial charge on any atom is 0.200 e. The van der Waals surface area contributed by atoms with E-state index < -0.39 is 34.0 Å². The van der Waals surface area contributed by atoms with Gasteiger partial charge in [-0.25, -0.2) is 31.2 Å². The van der Waals surface area contributed by atoms with E-state index in [0.717, 1.165) is 90.2 Å². The molecule has 11 aromatic rings. The first-order valence-corrected chi connectivity index (χ1v) is 43.2. The van der Waals surface area contributed by atoms with Gasteiger partial charge in [0.25, 0.3) is 0 Å². The number of ketones is 4. The Hall–Kier alpha value is -11.1. The number of benzene rings is 9. The molecule has 2 aliphatic carbocycles. The number of phenolic OH excluding ortho intramolecular Hbond substituents is 6. The van der Waals surface area contributed by atoms with Crippen LogP contribution >= 0.6 is 22.7 Å². The number of anilines is 6. The van der Waals surface area contributed by atoms with Crippen molar-refractivity contribution in [3.8, 4) is 34.5 Å². The molecule has 12 N–H and O–H groups in total. The van der Waals surface area contributed by atoms with Gasteiger partial charge in [-0.05, 0) is 97.5 Å². The number of phenols is 6. The smallest absolute Gasteiger partial charge is 0.200 e. The van der Waals surface area contributed by atoms with Crippen LogP contribution in [-0.2, 0) is 25.9 Å². The molecule has 0 saturated carbocycles. The number of rotatable bonds is 18. The van der Waals surface area contributed by atoms with Gasteiger partial charge in [0.2, 0.25) is 23.1 Å². The number of hydrogen-bond acceptors (Lipinski definition) is 26. The molecule has 0 fully saturated rings. The zero-order valence-electron chi connectivity index (χ0n) is 72.5. The summed E-state index contributed by atoms with van der Waals surface area (Å²) in [6.07, 6.45) is 3.27. The van der Waals surface area contributed by atoms with Gasteiger partial charge < -0.3 is 69.2 Å². The van der Waals surface area contributed by atoms with Gasteiger partial charge in [-0.15, -0.1) is 22.7 Å². The number of fused-ring (bicyclic) bond motifs is 23. The van der Waals surface area contributed by atoms with Crippen LogP contribution in [0.4, 0.5) is 34.1 Å². The molecule has 0 atom stereocenters. The zero-order chi connectivity index (χ0) is 89.6. The fourth-order valence-electron chi connectivity index (χ4n) is 18.3. The van der Waals surface area contributed by atoms with E-state index in [4.69, 9.17) is 0 Å². The van der Waals surface area contributed by atoms with Crippen LogP contribution in [0.15, 0.2) is 94.5 Å². The molecule has 6 aliphatic rings. The van der Waals surface area contributed by atoms with E-state index in [0.29, 0.717) is 152 Å². The highest BCUT2D eigenvalue weighted by atomic mass is 32.1. The second kappa shape index (κ2) is 32.2. The van der Waals surface area contributed by atoms with Crippen molar-refractivity contribution in [1.29, 1.82) is 0 Å². The number of hydrogen-bond donors (Lipinski definition) is 12. The number of quaternary nitrogens is 6. The maximum absolute atomic E-state index is 14.3. The molecule has 6 heterocycles. The minimum atomic E-state index is -0.574. The van der Waals surface area contributed by atoms with Crippen molar-refractivity contribution < 1.29 is 109 Å². The molecule has 124 heavy (non-hydrogen) atoms. The van der Waals surface area contributed by atoms with Crippen molar-refractivity contribution in [3.63, 3.8) is 0 Å². The average molecular weight is 1740 g/mol. The highest BCUT2D eigenvalue weighted by Crippen LogP contribution is 2.58. The van der Waals surface area contributed by atoms with Crippen LogP contribution < -0.4 is 40.3 Å². The molecule has 0 amide bonds. The maximum atomic E-state index is 14.3. The Morgan fingerprint density at radius 1 is 0.315 bits per heavy atom. The van der Waals surface area contributed by atoms with Crippen LogP contribution in [0.3, 0.4) is 0 Å². The Morgan fingerprint density at radius 2 is 0.589 bits per heavy atom. The third kappa shape index (κ3) is 16.2. The lowest BCUT2D eigenvalue weighted by molar-refractivity contribution is -1.07. The number of para-hydroxylation sites is 2. The predicted octanol–water partition coefficient (Wildman–Crippen LogP) is 9.58. The molecular weight excluding hydrogens is 1630 g/mol. The highest BCUT2D eigenvalue weighted by Gasteiger charge is 2.48. The summed E-state index contributed by atoms with van der Waals surface area (Å²) in [7, 11) is 24.1. The summed E-state index contributed by atoms with van der Waals surface area (Å²) in [6.45, 7) is 8.58. The minimum absolute atomic E-state index is 0.163. The molecule has 4 aliphatic heterocycles. The fourth-order valence-corrected chi connectivity index (χ4v) is 20.8. The molecule has 0 spiro atoms. The summed E-state index contributed by atoms with van der Waals surface area (Å²) in [4.78, 5) is 96.1. The van der Waals surface area contributed by atoms with E-state index in [-0.39, 0.29) is 128 Å². The van der Waals surface area contributed by atoms with E-state index in [2.05, 4.69) is 19.6 Å². The van der Waals surface area contributed by atoms with Gasteiger partial charge in [-0.1, -0.05) is 24.3 Å². The van der Waals surface area contributed by atoms with E-state index >= 15 is 0 Å². The van der Waals surface area contributed by atoms with Gasteiger partial charge in [0.1, 0.15) is 73.8 Å². The summed E-state index contributed by atoms with van der Waals surface area (Å²) in [5, 5.41) is 130. The second-order valence-corrected chi connectivity index (χ2v) is 38.8. The van der Waals surface area contributed by atoms with Crippen molar-refractivity contribution in [2.75, 3.05) is 233 Å². The van der Waals surface area contributed by atoms with Crippen LogP contribution in [0.25, 0.3) is 62.4 Å². The topological polar surface area (TPSA) is 374 Å². The van der Waals surface area contributed by atoms with E-state index in [1.54, 1.807) is 84.6 Å². The molecule has 9 aromatic carbocycles. The van der Waals surface area contributed by atoms with Crippen molar-refractivity contribution in [1.82, 2.24) is 9.13 Å². The van der Waals surface area contributed by atoms with Crippen LogP contribution in [0.2, 0.25) is 0 Å². The standard InChI is InChI=1S/C34H32N4O6S2.C28H38N6O6.C28H36N4O6/c1-37(2,43)17-15-35-19-9-5-7-11-23(19)45-33-29(35)27-28(32(42)26-22(40)14-13-21(39)25(26)31(27)41)30-34(33)46-24-12-8-6-10-20(24)36(30)16-18-38(3,4)44;1-29-9-11-31(13-15-33(3,4)39)23-21-22(28(38)20-18(36)8-7-17(35)19(20)27(21)37)24-26(25(23)29)30(2)10-12-32(24)14-16-34(5,6)40;1-31(2,37)15-13-29-11-5-7-17-18-8-6-12-30(14-16-32(3,4)38)26(18)24-23(25(17)29)27(35)21-19(33)9-10-20(34)22(21)28(24)36/h5-14,43-44H,15-18H2,1-4H3;7-8,39-40H,9-16H2,1-6H3;9-10,37-38H,5-8,11-16H2,1-4H3/p+6. The lowest BCUT2D eigenvalue weighted by Gasteiger charge is -2.47.